The van der Waals surface area contributed by atoms with Crippen LogP contribution in [0, 0.1) is 0 Å². The van der Waals surface area contributed by atoms with Crippen LogP contribution in [0.4, 0.5) is 0 Å². The smallest absolute Gasteiger partial charge is 2.00 e. The summed E-state index contributed by atoms with van der Waals surface area (Å²) in [5.74, 6) is 0. The third kappa shape index (κ3) is 68.9. The molecule has 0 amide bonds. The Morgan fingerprint density at radius 3 is 1.33 bits per heavy atom. The number of hydrogen-bond acceptors (Lipinski definition) is 5. The summed E-state index contributed by atoms with van der Waals surface area (Å²) in [6, 6.07) is 0. The molecule has 12 heavy (non-hydrogen) atoms. The normalized spacial score (nSPS) is 9.00. The Balaban J connectivity index is -0.0000000406. The van der Waals surface area contributed by atoms with Crippen LogP contribution in [-0.2, 0) is 9.13 Å². The zero-order valence-corrected chi connectivity index (χ0v) is 15.7. The van der Waals surface area contributed by atoms with E-state index in [1.54, 1.807) is 0 Å². The van der Waals surface area contributed by atoms with Gasteiger partial charge in [0.15, 0.2) is 0 Å². The molecule has 0 fully saturated rings. The molecule has 0 spiro atoms. The summed E-state index contributed by atoms with van der Waals surface area (Å²) in [5.41, 5.74) is 0. The van der Waals surface area contributed by atoms with Crippen LogP contribution in [0.3, 0.4) is 0 Å². The van der Waals surface area contributed by atoms with Crippen molar-refractivity contribution in [2.24, 2.45) is 0 Å². The van der Waals surface area contributed by atoms with Gasteiger partial charge in [0, 0.05) is 0 Å². The predicted octanol–water partition coefficient (Wildman–Crippen LogP) is -3.28. The Morgan fingerprint density at radius 1 is 1.25 bits per heavy atom. The molecule has 0 aromatic heterocycles. The van der Waals surface area contributed by atoms with Crippen molar-refractivity contribution in [3.8, 4) is 0 Å². The SMILES string of the molecule is O=[PH2][O-].O=[PH2][O-].OC[CH]([Na])[Na].[Ca+2]. The van der Waals surface area contributed by atoms with E-state index in [1.807, 2.05) is 0 Å². The maximum atomic E-state index is 8.46. The van der Waals surface area contributed by atoms with Crippen LogP contribution in [0.25, 0.3) is 0 Å². The third-order valence-electron chi connectivity index (χ3n) is 0.365. The summed E-state index contributed by atoms with van der Waals surface area (Å²) >= 11 is 2.36. The zero-order valence-electron chi connectivity index (χ0n) is 7.23. The fourth-order valence-electron chi connectivity index (χ4n) is 0. The van der Waals surface area contributed by atoms with Gasteiger partial charge in [-0.05, 0) is 17.4 Å². The molecule has 0 bridgehead atoms. The second-order valence-corrected chi connectivity index (χ2v) is 8.41. The Morgan fingerprint density at radius 2 is 1.33 bits per heavy atom. The quantitative estimate of drug-likeness (QED) is 0.393. The van der Waals surface area contributed by atoms with Crippen molar-refractivity contribution in [3.05, 3.63) is 0 Å². The van der Waals surface area contributed by atoms with Crippen molar-refractivity contribution in [2.45, 2.75) is 0.417 Å². The molecule has 0 radical (unpaired) electrons. The molecular formula is C2H8CaNa2O5P2. The van der Waals surface area contributed by atoms with Crippen LogP contribution in [0.5, 0.6) is 0 Å². The van der Waals surface area contributed by atoms with Gasteiger partial charge >= 0.3 is 106 Å². The fourth-order valence-corrected chi connectivity index (χ4v) is 0. The summed E-state index contributed by atoms with van der Waals surface area (Å²) in [4.78, 5) is 16.9. The van der Waals surface area contributed by atoms with E-state index in [0.717, 1.165) is 0.417 Å². The molecule has 0 heterocycles. The van der Waals surface area contributed by atoms with E-state index in [0.29, 0.717) is 6.61 Å². The van der Waals surface area contributed by atoms with Gasteiger partial charge in [0.25, 0.3) is 0 Å². The number of aliphatic hydroxyl groups excluding tert-OH is 1. The monoisotopic (exact) mass is 260 g/mol. The van der Waals surface area contributed by atoms with Crippen LogP contribution in [0.15, 0.2) is 0 Å². The van der Waals surface area contributed by atoms with Gasteiger partial charge in [-0.15, -0.1) is 0 Å². The first-order valence-corrected chi connectivity index (χ1v) is 7.02. The first-order chi connectivity index (χ1) is 5.10. The van der Waals surface area contributed by atoms with Crippen molar-refractivity contribution in [2.75, 3.05) is 6.61 Å². The van der Waals surface area contributed by atoms with Crippen molar-refractivity contribution in [3.63, 3.8) is 0 Å². The summed E-state index contributed by atoms with van der Waals surface area (Å²) in [6.45, 7) is 0.429. The van der Waals surface area contributed by atoms with Crippen molar-refractivity contribution in [1.82, 2.24) is 0 Å². The van der Waals surface area contributed by atoms with E-state index in [9.17, 15) is 0 Å². The molecular weight excluding hydrogens is 252 g/mol. The molecule has 0 aromatic rings. The predicted molar refractivity (Wildman–Crippen MR) is 48.9 cm³/mol. The van der Waals surface area contributed by atoms with Gasteiger partial charge in [0.1, 0.15) is 0 Å². The molecule has 0 saturated heterocycles. The molecule has 0 rings (SSSR count). The van der Waals surface area contributed by atoms with Crippen LogP contribution in [-0.4, -0.2) is 105 Å². The van der Waals surface area contributed by atoms with Crippen LogP contribution >= 0.6 is 17.4 Å². The van der Waals surface area contributed by atoms with Gasteiger partial charge in [0.2, 0.25) is 0 Å². The van der Waals surface area contributed by atoms with Gasteiger partial charge in [-0.1, -0.05) is 0 Å². The molecule has 0 aliphatic carbocycles. The van der Waals surface area contributed by atoms with Crippen LogP contribution in [0.1, 0.15) is 0 Å². The van der Waals surface area contributed by atoms with Crippen molar-refractivity contribution < 1.29 is 24.0 Å². The van der Waals surface area contributed by atoms with E-state index in [4.69, 9.17) is 24.0 Å². The molecule has 2 unspecified atom stereocenters. The molecule has 0 aliphatic heterocycles. The summed E-state index contributed by atoms with van der Waals surface area (Å²) in [7, 11) is -3.50. The first kappa shape index (κ1) is 24.7. The maximum Gasteiger partial charge on any atom is 2.00 e. The number of aliphatic hydroxyl groups is 1. The zero-order chi connectivity index (χ0) is 9.70. The number of hydrogen-bond donors (Lipinski definition) is 1. The van der Waals surface area contributed by atoms with Crippen LogP contribution in [0.2, 0.25) is 0.417 Å². The standard InChI is InChI=1S/C2H4O.Ca.2Na.2H3O2P/c1-2-3;;;;2*1-3-2/h1,3H,2H2;;;;2*3H2,(H,1,2)/q;+2;;;;/p-2. The first-order valence-electron chi connectivity index (χ1n) is 2.82. The largest absolute Gasteiger partial charge is 2.00 e. The second-order valence-electron chi connectivity index (χ2n) is 1.77. The fraction of sp³-hybridized carbons (Fsp3) is 1.00. The Labute approximate surface area is 139 Å². The average Bonchev–Trinajstić information content (AvgIpc) is 1.91. The maximum absolute atomic E-state index is 8.46. The molecule has 0 saturated carbocycles. The van der Waals surface area contributed by atoms with E-state index >= 15 is 0 Å². The van der Waals surface area contributed by atoms with Gasteiger partial charge in [-0.25, -0.2) is 0 Å². The van der Waals surface area contributed by atoms with Crippen molar-refractivity contribution in [1.29, 1.82) is 0 Å². The summed E-state index contributed by atoms with van der Waals surface area (Å²) < 4.78 is 17.6. The number of rotatable bonds is 1. The van der Waals surface area contributed by atoms with Gasteiger partial charge in [-0.3, -0.25) is 0 Å². The molecule has 2 atom stereocenters. The van der Waals surface area contributed by atoms with Crippen molar-refractivity contribution >= 4 is 111 Å². The van der Waals surface area contributed by atoms with Crippen LogP contribution < -0.4 is 9.79 Å². The van der Waals surface area contributed by atoms with Gasteiger partial charge in [-0.2, -0.15) is 0 Å². The minimum absolute atomic E-state index is 0. The molecule has 0 aromatic carbocycles. The summed E-state index contributed by atoms with van der Waals surface area (Å²) in [5, 5.41) is 8.21. The Bertz CT molecular complexity index is 79.8. The van der Waals surface area contributed by atoms with Gasteiger partial charge in [0.05, 0.1) is 0 Å². The Hall–Kier alpha value is 3.60. The van der Waals surface area contributed by atoms with E-state index in [2.05, 4.69) is 0 Å². The van der Waals surface area contributed by atoms with Gasteiger partial charge < -0.3 is 18.9 Å². The third-order valence-corrected chi connectivity index (χ3v) is 1.10. The molecule has 10 heteroatoms. The van der Waals surface area contributed by atoms with E-state index in [1.165, 1.54) is 55.9 Å². The molecule has 60 valence electrons. The minimum atomic E-state index is -1.75. The topological polar surface area (TPSA) is 100 Å². The summed E-state index contributed by atoms with van der Waals surface area (Å²) in [6.07, 6.45) is 0. The molecule has 0 aliphatic rings. The minimum Gasteiger partial charge on any atom is 2.00 e. The van der Waals surface area contributed by atoms with E-state index < -0.39 is 17.4 Å². The molecule has 5 nitrogen and oxygen atoms in total. The average molecular weight is 260 g/mol. The Kier molecular flexibility index (Phi) is 60.3. The van der Waals surface area contributed by atoms with E-state index in [-0.39, 0.29) is 37.7 Å². The molecule has 1 N–H and O–H groups in total. The second kappa shape index (κ2) is 29.3.